The molecule has 8 heteroatoms. The molecule has 0 amide bonds. The van der Waals surface area contributed by atoms with Crippen LogP contribution in [-0.4, -0.2) is 23.2 Å². The summed E-state index contributed by atoms with van der Waals surface area (Å²) >= 11 is 6.11. The molecule has 1 aromatic carbocycles. The number of nitrogens with two attached hydrogens (primary N) is 1. The minimum Gasteiger partial charge on any atom is -0.294 e. The Hall–Kier alpha value is -1.44. The minimum absolute atomic E-state index is 0.0895. The lowest BCUT2D eigenvalue weighted by atomic mass is 10.1. The largest absolute Gasteiger partial charge is 0.294 e. The smallest absolute Gasteiger partial charge is 0.273 e. The van der Waals surface area contributed by atoms with Crippen molar-refractivity contribution < 1.29 is 8.42 Å². The Morgan fingerprint density at radius 1 is 1.35 bits per heavy atom. The first-order chi connectivity index (χ1) is 9.39. The Bertz CT molecular complexity index is 781. The van der Waals surface area contributed by atoms with Crippen molar-refractivity contribution in [3.63, 3.8) is 0 Å². The van der Waals surface area contributed by atoms with Gasteiger partial charge >= 0.3 is 0 Å². The Morgan fingerprint density at radius 2 is 2.05 bits per heavy atom. The third-order valence-electron chi connectivity index (χ3n) is 3.34. The van der Waals surface area contributed by atoms with Gasteiger partial charge in [-0.1, -0.05) is 23.7 Å². The number of sulfonamides is 1. The number of hydrogen-bond acceptors (Lipinski definition) is 4. The number of hydrogen-bond donors (Lipinski definition) is 1. The summed E-state index contributed by atoms with van der Waals surface area (Å²) in [6.45, 7) is 1.86. The molecular formula is C12H13ClN4O2S. The molecule has 1 aliphatic carbocycles. The van der Waals surface area contributed by atoms with Crippen LogP contribution in [0.25, 0.3) is 11.4 Å². The fourth-order valence-electron chi connectivity index (χ4n) is 2.17. The molecule has 0 bridgehead atoms. The lowest BCUT2D eigenvalue weighted by Gasteiger charge is -2.10. The highest BCUT2D eigenvalue weighted by molar-refractivity contribution is 7.89. The van der Waals surface area contributed by atoms with Crippen molar-refractivity contribution in [2.45, 2.75) is 31.0 Å². The van der Waals surface area contributed by atoms with Crippen molar-refractivity contribution in [2.24, 2.45) is 5.14 Å². The van der Waals surface area contributed by atoms with E-state index in [2.05, 4.69) is 10.2 Å². The van der Waals surface area contributed by atoms with Gasteiger partial charge in [0.25, 0.3) is 15.2 Å². The Balaban J connectivity index is 2.25. The quantitative estimate of drug-likeness (QED) is 0.937. The van der Waals surface area contributed by atoms with E-state index in [4.69, 9.17) is 16.7 Å². The Morgan fingerprint density at radius 3 is 2.65 bits per heavy atom. The maximum Gasteiger partial charge on any atom is 0.273 e. The molecule has 1 heterocycles. The van der Waals surface area contributed by atoms with Crippen LogP contribution in [0.15, 0.2) is 23.4 Å². The Labute approximate surface area is 121 Å². The molecule has 1 fully saturated rings. The van der Waals surface area contributed by atoms with Gasteiger partial charge in [0.15, 0.2) is 5.82 Å². The first-order valence-electron chi connectivity index (χ1n) is 6.13. The number of rotatable bonds is 3. The Kier molecular flexibility index (Phi) is 3.07. The van der Waals surface area contributed by atoms with E-state index in [0.29, 0.717) is 10.8 Å². The number of primary sulfonamides is 1. The molecule has 0 unspecified atom stereocenters. The molecule has 0 saturated heterocycles. The van der Waals surface area contributed by atoms with Gasteiger partial charge in [-0.05, 0) is 31.4 Å². The first kappa shape index (κ1) is 13.5. The van der Waals surface area contributed by atoms with E-state index in [1.807, 2.05) is 13.0 Å². The normalized spacial score (nSPS) is 15.6. The van der Waals surface area contributed by atoms with Crippen LogP contribution in [0, 0.1) is 6.92 Å². The molecule has 0 aliphatic heterocycles. The van der Waals surface area contributed by atoms with Crippen LogP contribution in [0.4, 0.5) is 0 Å². The number of aromatic nitrogens is 3. The fourth-order valence-corrected chi connectivity index (χ4v) is 3.01. The molecule has 1 saturated carbocycles. The zero-order chi connectivity index (χ0) is 14.5. The van der Waals surface area contributed by atoms with E-state index in [1.54, 1.807) is 16.7 Å². The van der Waals surface area contributed by atoms with Gasteiger partial charge < -0.3 is 0 Å². The van der Waals surface area contributed by atoms with Crippen molar-refractivity contribution in [2.75, 3.05) is 0 Å². The highest BCUT2D eigenvalue weighted by Crippen LogP contribution is 2.40. The van der Waals surface area contributed by atoms with Crippen LogP contribution in [0.5, 0.6) is 0 Å². The van der Waals surface area contributed by atoms with Crippen molar-refractivity contribution in [1.82, 2.24) is 14.8 Å². The van der Waals surface area contributed by atoms with Crippen molar-refractivity contribution in [1.29, 1.82) is 0 Å². The van der Waals surface area contributed by atoms with Gasteiger partial charge in [0.1, 0.15) is 0 Å². The second-order valence-corrected chi connectivity index (χ2v) is 6.73. The summed E-state index contributed by atoms with van der Waals surface area (Å²) in [6.07, 6.45) is 1.79. The molecule has 1 aliphatic rings. The van der Waals surface area contributed by atoms with E-state index in [9.17, 15) is 8.42 Å². The number of nitrogens with zero attached hydrogens (tertiary/aromatic N) is 3. The number of halogens is 1. The van der Waals surface area contributed by atoms with Gasteiger partial charge in [-0.3, -0.25) is 4.57 Å². The van der Waals surface area contributed by atoms with Crippen LogP contribution in [-0.2, 0) is 10.0 Å². The maximum atomic E-state index is 11.6. The predicted molar refractivity (Wildman–Crippen MR) is 74.8 cm³/mol. The maximum absolute atomic E-state index is 11.6. The van der Waals surface area contributed by atoms with Gasteiger partial charge in [0.05, 0.1) is 0 Å². The van der Waals surface area contributed by atoms with E-state index < -0.39 is 10.0 Å². The van der Waals surface area contributed by atoms with Crippen LogP contribution in [0.2, 0.25) is 5.02 Å². The van der Waals surface area contributed by atoms with Crippen LogP contribution in [0.1, 0.15) is 24.4 Å². The lowest BCUT2D eigenvalue weighted by molar-refractivity contribution is 0.567. The molecule has 2 aromatic rings. The van der Waals surface area contributed by atoms with Crippen LogP contribution in [0.3, 0.4) is 0 Å². The summed E-state index contributed by atoms with van der Waals surface area (Å²) in [5.41, 5.74) is 1.61. The third-order valence-corrected chi connectivity index (χ3v) is 4.54. The van der Waals surface area contributed by atoms with Crippen molar-refractivity contribution in [3.05, 3.63) is 28.8 Å². The lowest BCUT2D eigenvalue weighted by Crippen LogP contribution is -2.18. The highest BCUT2D eigenvalue weighted by Gasteiger charge is 2.33. The predicted octanol–water partition coefficient (Wildman–Crippen LogP) is 1.89. The third kappa shape index (κ3) is 2.21. The number of benzene rings is 1. The van der Waals surface area contributed by atoms with Gasteiger partial charge in [-0.25, -0.2) is 13.6 Å². The van der Waals surface area contributed by atoms with E-state index in [-0.39, 0.29) is 11.2 Å². The fraction of sp³-hybridized carbons (Fsp3) is 0.333. The summed E-state index contributed by atoms with van der Waals surface area (Å²) in [6, 6.07) is 5.51. The molecule has 1 aromatic heterocycles. The average molecular weight is 313 g/mol. The molecule has 0 spiro atoms. The zero-order valence-electron chi connectivity index (χ0n) is 10.7. The van der Waals surface area contributed by atoms with Crippen LogP contribution < -0.4 is 5.14 Å². The second-order valence-electron chi connectivity index (χ2n) is 4.86. The van der Waals surface area contributed by atoms with Crippen molar-refractivity contribution in [3.8, 4) is 11.4 Å². The molecule has 6 nitrogen and oxygen atoms in total. The second kappa shape index (κ2) is 4.54. The van der Waals surface area contributed by atoms with Gasteiger partial charge in [0.2, 0.25) is 0 Å². The SMILES string of the molecule is Cc1c(Cl)cccc1-c1nnc(S(N)(=O)=O)n1C1CC1. The summed E-state index contributed by atoms with van der Waals surface area (Å²) in [5.74, 6) is 0.497. The summed E-state index contributed by atoms with van der Waals surface area (Å²) in [7, 11) is -3.89. The minimum atomic E-state index is -3.89. The zero-order valence-corrected chi connectivity index (χ0v) is 12.3. The molecule has 0 radical (unpaired) electrons. The van der Waals surface area contributed by atoms with Crippen LogP contribution >= 0.6 is 11.6 Å². The van der Waals surface area contributed by atoms with Gasteiger partial charge in [-0.2, -0.15) is 0 Å². The van der Waals surface area contributed by atoms with E-state index in [1.165, 1.54) is 0 Å². The monoisotopic (exact) mass is 312 g/mol. The molecule has 106 valence electrons. The summed E-state index contributed by atoms with van der Waals surface area (Å²) < 4.78 is 24.8. The summed E-state index contributed by atoms with van der Waals surface area (Å²) in [5, 5.41) is 13.4. The molecule has 20 heavy (non-hydrogen) atoms. The molecule has 3 rings (SSSR count). The highest BCUT2D eigenvalue weighted by atomic mass is 35.5. The topological polar surface area (TPSA) is 90.9 Å². The summed E-state index contributed by atoms with van der Waals surface area (Å²) in [4.78, 5) is 0. The first-order valence-corrected chi connectivity index (χ1v) is 8.05. The van der Waals surface area contributed by atoms with Gasteiger partial charge in [0, 0.05) is 16.6 Å². The molecule has 2 N–H and O–H groups in total. The standard InChI is InChI=1S/C12H13ClN4O2S/c1-7-9(3-2-4-10(7)13)11-15-16-12(20(14,18)19)17(11)8-5-6-8/h2-4,8H,5-6H2,1H3,(H2,14,18,19). The molecular weight excluding hydrogens is 300 g/mol. The van der Waals surface area contributed by atoms with Gasteiger partial charge in [-0.15, -0.1) is 10.2 Å². The van der Waals surface area contributed by atoms with E-state index >= 15 is 0 Å². The molecule has 0 atom stereocenters. The van der Waals surface area contributed by atoms with E-state index in [0.717, 1.165) is 24.0 Å². The van der Waals surface area contributed by atoms with Crippen molar-refractivity contribution >= 4 is 21.6 Å². The average Bonchev–Trinajstić information content (AvgIpc) is 3.10.